The second kappa shape index (κ2) is 7.72. The molecule has 2 saturated heterocycles. The molecule has 1 aromatic rings. The van der Waals surface area contributed by atoms with E-state index in [4.69, 9.17) is 4.74 Å². The van der Waals surface area contributed by atoms with Crippen molar-refractivity contribution in [2.45, 2.75) is 12.7 Å². The summed E-state index contributed by atoms with van der Waals surface area (Å²) in [5.41, 5.74) is 0.0813. The Morgan fingerprint density at radius 3 is 2.44 bits per heavy atom. The van der Waals surface area contributed by atoms with Crippen LogP contribution in [0.4, 0.5) is 13.2 Å². The number of hydrogen-bond acceptors (Lipinski definition) is 4. The number of hydrogen-bond donors (Lipinski definition) is 1. The Balaban J connectivity index is 1.87. The monoisotopic (exact) mass is 357 g/mol. The van der Waals surface area contributed by atoms with Gasteiger partial charge < -0.3 is 15.0 Å². The number of amides is 1. The van der Waals surface area contributed by atoms with Crippen molar-refractivity contribution >= 4 is 5.91 Å². The van der Waals surface area contributed by atoms with Gasteiger partial charge in [0.1, 0.15) is 0 Å². The van der Waals surface area contributed by atoms with Gasteiger partial charge in [0.15, 0.2) is 0 Å². The number of benzene rings is 1. The number of carbonyl (C=O) groups excluding carboxylic acids is 1. The van der Waals surface area contributed by atoms with Crippen LogP contribution in [0.3, 0.4) is 0 Å². The highest BCUT2D eigenvalue weighted by atomic mass is 19.4. The van der Waals surface area contributed by atoms with E-state index in [0.29, 0.717) is 44.0 Å². The number of piperazine rings is 1. The van der Waals surface area contributed by atoms with Crippen LogP contribution in [0.5, 0.6) is 0 Å². The highest BCUT2D eigenvalue weighted by Gasteiger charge is 2.32. The third-order valence-electron chi connectivity index (χ3n) is 4.56. The van der Waals surface area contributed by atoms with Crippen LogP contribution in [-0.2, 0) is 17.5 Å². The zero-order chi connectivity index (χ0) is 17.9. The molecule has 0 radical (unpaired) electrons. The van der Waals surface area contributed by atoms with Gasteiger partial charge >= 0.3 is 6.18 Å². The Hall–Kier alpha value is -1.64. The number of nitrogens with zero attached hydrogens (tertiary/aromatic N) is 2. The number of morpholine rings is 1. The van der Waals surface area contributed by atoms with Crippen LogP contribution in [0, 0.1) is 0 Å². The van der Waals surface area contributed by atoms with E-state index < -0.39 is 11.7 Å². The molecule has 138 valence electrons. The predicted molar refractivity (Wildman–Crippen MR) is 86.3 cm³/mol. The van der Waals surface area contributed by atoms with Crippen LogP contribution in [-0.4, -0.2) is 68.2 Å². The van der Waals surface area contributed by atoms with Crippen LogP contribution >= 0.6 is 0 Å². The maximum Gasteiger partial charge on any atom is 0.416 e. The first-order chi connectivity index (χ1) is 11.9. The summed E-state index contributed by atoms with van der Waals surface area (Å²) in [6, 6.07) is 3.43. The van der Waals surface area contributed by atoms with E-state index in [0.717, 1.165) is 38.3 Å². The van der Waals surface area contributed by atoms with Gasteiger partial charge in [0.2, 0.25) is 0 Å². The van der Waals surface area contributed by atoms with Crippen molar-refractivity contribution in [1.82, 2.24) is 15.1 Å². The highest BCUT2D eigenvalue weighted by Crippen LogP contribution is 2.31. The third-order valence-corrected chi connectivity index (χ3v) is 4.56. The molecule has 2 heterocycles. The van der Waals surface area contributed by atoms with Crippen LogP contribution in [0.25, 0.3) is 0 Å². The molecular weight excluding hydrogens is 335 g/mol. The number of alkyl halides is 3. The molecule has 25 heavy (non-hydrogen) atoms. The minimum atomic E-state index is -4.42. The van der Waals surface area contributed by atoms with Gasteiger partial charge in [-0.1, -0.05) is 0 Å². The van der Waals surface area contributed by atoms with E-state index in [1.807, 2.05) is 0 Å². The lowest BCUT2D eigenvalue weighted by Gasteiger charge is -2.30. The van der Waals surface area contributed by atoms with Crippen LogP contribution in [0.1, 0.15) is 21.5 Å². The van der Waals surface area contributed by atoms with E-state index in [1.54, 1.807) is 4.90 Å². The van der Waals surface area contributed by atoms with Crippen molar-refractivity contribution in [3.63, 3.8) is 0 Å². The van der Waals surface area contributed by atoms with Gasteiger partial charge in [-0.25, -0.2) is 0 Å². The summed E-state index contributed by atoms with van der Waals surface area (Å²) in [4.78, 5) is 16.5. The Morgan fingerprint density at radius 2 is 1.80 bits per heavy atom. The molecule has 3 rings (SSSR count). The average Bonchev–Trinajstić information content (AvgIpc) is 2.62. The topological polar surface area (TPSA) is 44.8 Å². The lowest BCUT2D eigenvalue weighted by molar-refractivity contribution is -0.137. The first-order valence-electron chi connectivity index (χ1n) is 8.45. The average molecular weight is 357 g/mol. The fourth-order valence-corrected chi connectivity index (χ4v) is 3.16. The molecule has 2 aliphatic heterocycles. The Bertz CT molecular complexity index is 610. The molecule has 1 amide bonds. The van der Waals surface area contributed by atoms with E-state index in [1.165, 1.54) is 6.07 Å². The predicted octanol–water partition coefficient (Wildman–Crippen LogP) is 1.58. The number of nitrogens with one attached hydrogen (secondary N) is 1. The van der Waals surface area contributed by atoms with Gasteiger partial charge in [-0.05, 0) is 23.8 Å². The van der Waals surface area contributed by atoms with Crippen molar-refractivity contribution in [3.8, 4) is 0 Å². The Morgan fingerprint density at radius 1 is 1.12 bits per heavy atom. The SMILES string of the molecule is O=C(c1ccc(C(F)(F)F)cc1CN1CCNCC1)N1CCOCC1. The number of ether oxygens (including phenoxy) is 1. The number of carbonyl (C=O) groups is 1. The lowest BCUT2D eigenvalue weighted by atomic mass is 10.0. The first kappa shape index (κ1) is 18.2. The standard InChI is InChI=1S/C17H22F3N3O2/c18-17(19,20)14-1-2-15(16(24)23-7-9-25-10-8-23)13(11-14)12-22-5-3-21-4-6-22/h1-2,11,21H,3-10,12H2. The van der Waals surface area contributed by atoms with Crippen LogP contribution in [0.15, 0.2) is 18.2 Å². The molecule has 8 heteroatoms. The Kier molecular flexibility index (Phi) is 5.61. The van der Waals surface area contributed by atoms with E-state index in [2.05, 4.69) is 10.2 Å². The summed E-state index contributed by atoms with van der Waals surface area (Å²) in [5, 5.41) is 3.21. The molecule has 0 unspecified atom stereocenters. The molecule has 5 nitrogen and oxygen atoms in total. The number of halogens is 3. The van der Waals surface area contributed by atoms with E-state index in [9.17, 15) is 18.0 Å². The maximum atomic E-state index is 13.1. The summed E-state index contributed by atoms with van der Waals surface area (Å²) in [6.45, 7) is 5.29. The minimum absolute atomic E-state index is 0.220. The summed E-state index contributed by atoms with van der Waals surface area (Å²) in [6.07, 6.45) is -4.42. The van der Waals surface area contributed by atoms with Crippen molar-refractivity contribution in [3.05, 3.63) is 34.9 Å². The quantitative estimate of drug-likeness (QED) is 0.892. The van der Waals surface area contributed by atoms with Crippen LogP contribution < -0.4 is 5.32 Å². The molecule has 0 aliphatic carbocycles. The fraction of sp³-hybridized carbons (Fsp3) is 0.588. The van der Waals surface area contributed by atoms with Gasteiger partial charge in [0.25, 0.3) is 5.91 Å². The summed E-state index contributed by atoms with van der Waals surface area (Å²) in [5.74, 6) is -0.220. The molecule has 0 bridgehead atoms. The molecule has 1 aromatic carbocycles. The van der Waals surface area contributed by atoms with E-state index in [-0.39, 0.29) is 5.91 Å². The minimum Gasteiger partial charge on any atom is -0.378 e. The van der Waals surface area contributed by atoms with Gasteiger partial charge in [-0.3, -0.25) is 9.69 Å². The third kappa shape index (κ3) is 4.50. The lowest BCUT2D eigenvalue weighted by Crippen LogP contribution is -2.44. The molecule has 1 N–H and O–H groups in total. The summed E-state index contributed by atoms with van der Waals surface area (Å²) < 4.78 is 44.5. The maximum absolute atomic E-state index is 13.1. The summed E-state index contributed by atoms with van der Waals surface area (Å²) >= 11 is 0. The number of rotatable bonds is 3. The van der Waals surface area contributed by atoms with Crippen molar-refractivity contribution in [2.75, 3.05) is 52.5 Å². The largest absolute Gasteiger partial charge is 0.416 e. The Labute approximate surface area is 144 Å². The second-order valence-corrected chi connectivity index (χ2v) is 6.30. The zero-order valence-corrected chi connectivity index (χ0v) is 13.9. The molecule has 0 spiro atoms. The molecule has 0 saturated carbocycles. The van der Waals surface area contributed by atoms with Gasteiger partial charge in [-0.15, -0.1) is 0 Å². The highest BCUT2D eigenvalue weighted by molar-refractivity contribution is 5.95. The van der Waals surface area contributed by atoms with Crippen LogP contribution in [0.2, 0.25) is 0 Å². The smallest absolute Gasteiger partial charge is 0.378 e. The summed E-state index contributed by atoms with van der Waals surface area (Å²) in [7, 11) is 0. The molecule has 2 aliphatic rings. The van der Waals surface area contributed by atoms with Crippen molar-refractivity contribution in [1.29, 1.82) is 0 Å². The van der Waals surface area contributed by atoms with Gasteiger partial charge in [0, 0.05) is 51.4 Å². The van der Waals surface area contributed by atoms with Crippen molar-refractivity contribution < 1.29 is 22.7 Å². The zero-order valence-electron chi connectivity index (χ0n) is 13.9. The second-order valence-electron chi connectivity index (χ2n) is 6.30. The van der Waals surface area contributed by atoms with Gasteiger partial charge in [-0.2, -0.15) is 13.2 Å². The molecule has 0 atom stereocenters. The van der Waals surface area contributed by atoms with E-state index >= 15 is 0 Å². The van der Waals surface area contributed by atoms with Gasteiger partial charge in [0.05, 0.1) is 18.8 Å². The van der Waals surface area contributed by atoms with Crippen molar-refractivity contribution in [2.24, 2.45) is 0 Å². The molecule has 0 aromatic heterocycles. The fourth-order valence-electron chi connectivity index (χ4n) is 3.16. The molecular formula is C17H22F3N3O2. The normalized spacial score (nSPS) is 19.9. The molecule has 2 fully saturated rings. The first-order valence-corrected chi connectivity index (χ1v) is 8.45.